The maximum Gasteiger partial charge on any atom is 0.308 e. The second kappa shape index (κ2) is 10.1. The second-order valence-corrected chi connectivity index (χ2v) is 8.74. The Kier molecular flexibility index (Phi) is 8.07. The number of hydrogen-bond acceptors (Lipinski definition) is 5. The summed E-state index contributed by atoms with van der Waals surface area (Å²) in [5.74, 6) is 0.0954. The number of rotatable bonds is 7. The van der Waals surface area contributed by atoms with Gasteiger partial charge < -0.3 is 9.47 Å². The molecule has 2 rings (SSSR count). The van der Waals surface area contributed by atoms with Crippen molar-refractivity contribution >= 4 is 35.1 Å². The van der Waals surface area contributed by atoms with Crippen molar-refractivity contribution in [2.75, 3.05) is 7.05 Å². The molecule has 1 unspecified atom stereocenters. The summed E-state index contributed by atoms with van der Waals surface area (Å²) in [6.07, 6.45) is 1.16. The summed E-state index contributed by atoms with van der Waals surface area (Å²) >= 11 is 6.59. The lowest BCUT2D eigenvalue weighted by molar-refractivity contribution is -0.163. The molecule has 0 fully saturated rings. The maximum absolute atomic E-state index is 11.8. The fourth-order valence-electron chi connectivity index (χ4n) is 3.13. The van der Waals surface area contributed by atoms with Crippen LogP contribution >= 0.6 is 11.6 Å². The Balaban J connectivity index is 2.69. The van der Waals surface area contributed by atoms with Crippen molar-refractivity contribution in [1.29, 1.82) is 0 Å². The molecule has 1 aromatic carbocycles. The number of allylic oxidation sites excluding steroid dienone is 1. The number of aromatic nitrogens is 2. The quantitative estimate of drug-likeness (QED) is 0.242. The summed E-state index contributed by atoms with van der Waals surface area (Å²) < 4.78 is 13.2. The predicted molar refractivity (Wildman–Crippen MR) is 126 cm³/mol. The lowest BCUT2D eigenvalue weighted by Crippen LogP contribution is -2.19. The molecule has 0 spiro atoms. The van der Waals surface area contributed by atoms with Gasteiger partial charge in [0.05, 0.1) is 10.7 Å². The van der Waals surface area contributed by atoms with E-state index in [1.54, 1.807) is 38.8 Å². The first-order valence-electron chi connectivity index (χ1n) is 10.3. The second-order valence-electron chi connectivity index (χ2n) is 8.36. The highest BCUT2D eigenvalue weighted by atomic mass is 35.5. The van der Waals surface area contributed by atoms with Gasteiger partial charge in [-0.1, -0.05) is 63.6 Å². The van der Waals surface area contributed by atoms with Gasteiger partial charge in [0, 0.05) is 39.2 Å². The Morgan fingerprint density at radius 1 is 1.26 bits per heavy atom. The lowest BCUT2D eigenvalue weighted by Gasteiger charge is -2.22. The number of carbonyl (C=O) groups excluding carboxylic acids is 1. The number of aliphatic imine (C=N–C) groups is 1. The molecule has 0 saturated carbocycles. The highest BCUT2D eigenvalue weighted by Crippen LogP contribution is 2.34. The number of halogens is 1. The van der Waals surface area contributed by atoms with Crippen LogP contribution in [0, 0.1) is 6.92 Å². The van der Waals surface area contributed by atoms with E-state index in [9.17, 15) is 4.79 Å². The van der Waals surface area contributed by atoms with Gasteiger partial charge >= 0.3 is 5.97 Å². The molecule has 6 nitrogen and oxygen atoms in total. The molecule has 168 valence electrons. The zero-order valence-electron chi connectivity index (χ0n) is 19.6. The topological polar surface area (TPSA) is 65.7 Å². The molecule has 1 atom stereocenters. The van der Waals surface area contributed by atoms with Gasteiger partial charge in [-0.25, -0.2) is 0 Å². The standard InChI is InChI=1S/C24H32ClN3O3/c1-9-20(29)30-16(3)31-23(22-21(25)15(2)27-28(22)8)19(14-26-7)17-10-12-18(13-11-17)24(4,5)6/h10-14,16H,9H2,1-8H3/b23-19-,26-14-. The van der Waals surface area contributed by atoms with Crippen molar-refractivity contribution in [3.05, 3.63) is 51.8 Å². The van der Waals surface area contributed by atoms with Crippen molar-refractivity contribution in [2.45, 2.75) is 59.7 Å². The molecule has 0 aliphatic heterocycles. The highest BCUT2D eigenvalue weighted by molar-refractivity contribution is 6.33. The smallest absolute Gasteiger partial charge is 0.308 e. The van der Waals surface area contributed by atoms with Crippen LogP contribution in [-0.2, 0) is 26.7 Å². The van der Waals surface area contributed by atoms with E-state index in [-0.39, 0.29) is 17.8 Å². The van der Waals surface area contributed by atoms with Gasteiger partial charge in [0.15, 0.2) is 5.76 Å². The van der Waals surface area contributed by atoms with Crippen LogP contribution in [0.15, 0.2) is 29.3 Å². The van der Waals surface area contributed by atoms with Crippen molar-refractivity contribution in [3.8, 4) is 0 Å². The molecule has 0 amide bonds. The first-order chi connectivity index (χ1) is 14.5. The van der Waals surface area contributed by atoms with Crippen LogP contribution in [0.3, 0.4) is 0 Å². The van der Waals surface area contributed by atoms with E-state index >= 15 is 0 Å². The monoisotopic (exact) mass is 445 g/mol. The van der Waals surface area contributed by atoms with Crippen molar-refractivity contribution in [1.82, 2.24) is 9.78 Å². The van der Waals surface area contributed by atoms with Gasteiger partial charge in [0.2, 0.25) is 6.29 Å². The number of ether oxygens (including phenoxy) is 2. The molecule has 0 saturated heterocycles. The van der Waals surface area contributed by atoms with Gasteiger partial charge in [0.1, 0.15) is 5.69 Å². The number of aryl methyl sites for hydroxylation is 2. The van der Waals surface area contributed by atoms with E-state index in [0.29, 0.717) is 27.7 Å². The van der Waals surface area contributed by atoms with Crippen LogP contribution in [0.4, 0.5) is 0 Å². The molecule has 2 aromatic rings. The van der Waals surface area contributed by atoms with E-state index in [0.717, 1.165) is 5.56 Å². The Bertz CT molecular complexity index is 983. The van der Waals surface area contributed by atoms with E-state index in [4.69, 9.17) is 21.1 Å². The Labute approximate surface area is 189 Å². The van der Waals surface area contributed by atoms with E-state index in [1.807, 2.05) is 19.1 Å². The fourth-order valence-corrected chi connectivity index (χ4v) is 3.37. The summed E-state index contributed by atoms with van der Waals surface area (Å²) in [6.45, 7) is 11.7. The third-order valence-electron chi connectivity index (χ3n) is 4.80. The molecular weight excluding hydrogens is 414 g/mol. The first kappa shape index (κ1) is 24.7. The van der Waals surface area contributed by atoms with Crippen LogP contribution in [-0.4, -0.2) is 35.3 Å². The van der Waals surface area contributed by atoms with Crippen molar-refractivity contribution in [3.63, 3.8) is 0 Å². The van der Waals surface area contributed by atoms with Crippen LogP contribution in [0.1, 0.15) is 63.6 Å². The zero-order valence-corrected chi connectivity index (χ0v) is 20.4. The average Bonchev–Trinajstić information content (AvgIpc) is 2.95. The average molecular weight is 446 g/mol. The molecule has 1 aromatic heterocycles. The van der Waals surface area contributed by atoms with Crippen LogP contribution in [0.5, 0.6) is 0 Å². The summed E-state index contributed by atoms with van der Waals surface area (Å²) in [6, 6.07) is 8.24. The molecule has 0 bridgehead atoms. The van der Waals surface area contributed by atoms with Crippen LogP contribution in [0.2, 0.25) is 5.02 Å². The van der Waals surface area contributed by atoms with E-state index in [1.165, 1.54) is 5.56 Å². The maximum atomic E-state index is 11.8. The van der Waals surface area contributed by atoms with E-state index in [2.05, 4.69) is 43.0 Å². The van der Waals surface area contributed by atoms with Gasteiger partial charge in [0.25, 0.3) is 0 Å². The van der Waals surface area contributed by atoms with Crippen LogP contribution in [0.25, 0.3) is 11.3 Å². The lowest BCUT2D eigenvalue weighted by atomic mass is 9.86. The highest BCUT2D eigenvalue weighted by Gasteiger charge is 2.24. The number of nitrogens with zero attached hydrogens (tertiary/aromatic N) is 3. The summed E-state index contributed by atoms with van der Waals surface area (Å²) in [5, 5.41) is 4.89. The predicted octanol–water partition coefficient (Wildman–Crippen LogP) is 5.56. The minimum absolute atomic E-state index is 0.0336. The van der Waals surface area contributed by atoms with Gasteiger partial charge in [-0.3, -0.25) is 14.5 Å². The Morgan fingerprint density at radius 3 is 2.32 bits per heavy atom. The normalized spacial score (nSPS) is 13.8. The minimum atomic E-state index is -0.817. The number of carbonyl (C=O) groups is 1. The van der Waals surface area contributed by atoms with Crippen LogP contribution < -0.4 is 0 Å². The summed E-state index contributed by atoms with van der Waals surface area (Å²) in [7, 11) is 3.49. The molecule has 31 heavy (non-hydrogen) atoms. The molecule has 0 aliphatic carbocycles. The first-order valence-corrected chi connectivity index (χ1v) is 10.7. The fraction of sp³-hybridized carbons (Fsp3) is 0.458. The van der Waals surface area contributed by atoms with Gasteiger partial charge in [-0.05, 0) is 23.5 Å². The molecular formula is C24H32ClN3O3. The largest absolute Gasteiger partial charge is 0.452 e. The third kappa shape index (κ3) is 5.97. The molecule has 0 aliphatic rings. The minimum Gasteiger partial charge on any atom is -0.452 e. The molecule has 0 radical (unpaired) electrons. The SMILES string of the molecule is CCC(=O)OC(C)O/C(=C(/C=N\C)c1ccc(C(C)(C)C)cc1)c1c(Cl)c(C)nn1C. The summed E-state index contributed by atoms with van der Waals surface area (Å²) in [5.41, 5.74) is 4.13. The number of esters is 1. The number of hydrogen-bond donors (Lipinski definition) is 0. The third-order valence-corrected chi connectivity index (χ3v) is 5.25. The van der Waals surface area contributed by atoms with Crippen molar-refractivity contribution < 1.29 is 14.3 Å². The zero-order chi connectivity index (χ0) is 23.3. The van der Waals surface area contributed by atoms with Crippen molar-refractivity contribution in [2.24, 2.45) is 12.0 Å². The molecule has 1 heterocycles. The molecule has 0 N–H and O–H groups in total. The Morgan fingerprint density at radius 2 is 1.87 bits per heavy atom. The summed E-state index contributed by atoms with van der Waals surface area (Å²) in [4.78, 5) is 16.0. The van der Waals surface area contributed by atoms with Gasteiger partial charge in [-0.2, -0.15) is 5.10 Å². The van der Waals surface area contributed by atoms with E-state index < -0.39 is 6.29 Å². The number of benzene rings is 1. The Hall–Kier alpha value is -2.60. The molecule has 7 heteroatoms. The van der Waals surface area contributed by atoms with Gasteiger partial charge in [-0.15, -0.1) is 0 Å².